The molecule has 0 bridgehead atoms. The maximum Gasteiger partial charge on any atom is 0.159 e. The Kier molecular flexibility index (Phi) is 2.78. The second-order valence-electron chi connectivity index (χ2n) is 4.21. The van der Waals surface area contributed by atoms with Crippen molar-refractivity contribution in [1.29, 1.82) is 0 Å². The maximum atomic E-state index is 5.77. The average molecular weight is 219 g/mol. The van der Waals surface area contributed by atoms with Crippen LogP contribution in [0.4, 0.5) is 5.82 Å². The zero-order valence-corrected chi connectivity index (χ0v) is 9.88. The first-order valence-electron chi connectivity index (χ1n) is 5.33. The van der Waals surface area contributed by atoms with Crippen molar-refractivity contribution in [2.75, 3.05) is 18.5 Å². The van der Waals surface area contributed by atoms with Crippen molar-refractivity contribution in [3.63, 3.8) is 0 Å². The van der Waals surface area contributed by atoms with E-state index in [9.17, 15) is 0 Å². The summed E-state index contributed by atoms with van der Waals surface area (Å²) in [5.41, 5.74) is 6.66. The Labute approximate surface area is 94.9 Å². The van der Waals surface area contributed by atoms with Crippen molar-refractivity contribution >= 4 is 16.9 Å². The Bertz CT molecular complexity index is 488. The van der Waals surface area contributed by atoms with Gasteiger partial charge >= 0.3 is 0 Å². The van der Waals surface area contributed by atoms with Crippen LogP contribution in [0.15, 0.2) is 18.3 Å². The lowest BCUT2D eigenvalue weighted by Gasteiger charge is -2.20. The fourth-order valence-electron chi connectivity index (χ4n) is 1.75. The van der Waals surface area contributed by atoms with Crippen molar-refractivity contribution in [2.24, 2.45) is 12.8 Å². The molecule has 0 spiro atoms. The van der Waals surface area contributed by atoms with Gasteiger partial charge in [0.15, 0.2) is 5.65 Å². The largest absolute Gasteiger partial charge is 0.358 e. The van der Waals surface area contributed by atoms with E-state index >= 15 is 0 Å². The molecule has 0 aromatic carbocycles. The Balaban J connectivity index is 2.34. The number of aromatic nitrogens is 3. The zero-order valence-electron chi connectivity index (χ0n) is 9.88. The van der Waals surface area contributed by atoms with Crippen LogP contribution in [0.5, 0.6) is 0 Å². The molecule has 5 nitrogen and oxygen atoms in total. The second-order valence-corrected chi connectivity index (χ2v) is 4.21. The molecule has 1 unspecified atom stereocenters. The van der Waals surface area contributed by atoms with E-state index in [0.29, 0.717) is 0 Å². The standard InChI is InChI=1S/C11H17N5/c1-8(12)7-15(2)10-5-4-9-6-13-16(3)11(9)14-10/h4-6,8H,7,12H2,1-3H3. The highest BCUT2D eigenvalue weighted by atomic mass is 15.3. The number of nitrogens with two attached hydrogens (primary N) is 1. The number of rotatable bonds is 3. The number of aryl methyl sites for hydroxylation is 1. The van der Waals surface area contributed by atoms with Gasteiger partial charge < -0.3 is 10.6 Å². The van der Waals surface area contributed by atoms with Crippen molar-refractivity contribution < 1.29 is 0 Å². The lowest BCUT2D eigenvalue weighted by Crippen LogP contribution is -2.33. The van der Waals surface area contributed by atoms with E-state index in [1.807, 2.05) is 39.3 Å². The molecule has 0 saturated heterocycles. The van der Waals surface area contributed by atoms with Gasteiger partial charge in [0.1, 0.15) is 5.82 Å². The molecule has 16 heavy (non-hydrogen) atoms. The SMILES string of the molecule is CC(N)CN(C)c1ccc2cnn(C)c2n1. The molecule has 2 aromatic rings. The third kappa shape index (κ3) is 1.99. The van der Waals surface area contributed by atoms with Crippen molar-refractivity contribution in [3.8, 4) is 0 Å². The Morgan fingerprint density at radius 1 is 1.50 bits per heavy atom. The topological polar surface area (TPSA) is 60.0 Å². The van der Waals surface area contributed by atoms with Gasteiger partial charge in [0.05, 0.1) is 6.20 Å². The third-order valence-electron chi connectivity index (χ3n) is 2.52. The van der Waals surface area contributed by atoms with Crippen LogP contribution in [-0.2, 0) is 7.05 Å². The fraction of sp³-hybridized carbons (Fsp3) is 0.455. The van der Waals surface area contributed by atoms with Crippen LogP contribution in [-0.4, -0.2) is 34.4 Å². The lowest BCUT2D eigenvalue weighted by atomic mass is 10.3. The molecule has 86 valence electrons. The molecule has 0 amide bonds. The quantitative estimate of drug-likeness (QED) is 0.827. The van der Waals surface area contributed by atoms with Crippen molar-refractivity contribution in [3.05, 3.63) is 18.3 Å². The summed E-state index contributed by atoms with van der Waals surface area (Å²) in [5.74, 6) is 0.924. The first-order valence-corrected chi connectivity index (χ1v) is 5.33. The number of hydrogen-bond donors (Lipinski definition) is 1. The van der Waals surface area contributed by atoms with Gasteiger partial charge in [-0.3, -0.25) is 4.68 Å². The zero-order chi connectivity index (χ0) is 11.7. The van der Waals surface area contributed by atoms with Crippen LogP contribution in [0.2, 0.25) is 0 Å². The number of fused-ring (bicyclic) bond motifs is 1. The van der Waals surface area contributed by atoms with Crippen LogP contribution in [0, 0.1) is 0 Å². The normalized spacial score (nSPS) is 13.0. The van der Waals surface area contributed by atoms with E-state index in [-0.39, 0.29) is 6.04 Å². The second kappa shape index (κ2) is 4.09. The van der Waals surface area contributed by atoms with Crippen LogP contribution in [0.25, 0.3) is 11.0 Å². The van der Waals surface area contributed by atoms with E-state index in [4.69, 9.17) is 5.73 Å². The molecule has 2 N–H and O–H groups in total. The molecular weight excluding hydrogens is 202 g/mol. The van der Waals surface area contributed by atoms with E-state index in [1.165, 1.54) is 0 Å². The summed E-state index contributed by atoms with van der Waals surface area (Å²) in [6.07, 6.45) is 1.82. The lowest BCUT2D eigenvalue weighted by molar-refractivity contribution is 0.711. The molecule has 1 atom stereocenters. The molecular formula is C11H17N5. The minimum absolute atomic E-state index is 0.133. The third-order valence-corrected chi connectivity index (χ3v) is 2.52. The van der Waals surface area contributed by atoms with Crippen molar-refractivity contribution in [2.45, 2.75) is 13.0 Å². The Morgan fingerprint density at radius 2 is 2.25 bits per heavy atom. The van der Waals surface area contributed by atoms with Gasteiger partial charge in [-0.1, -0.05) is 0 Å². The molecule has 2 heterocycles. The Hall–Kier alpha value is -1.62. The minimum atomic E-state index is 0.133. The summed E-state index contributed by atoms with van der Waals surface area (Å²) in [7, 11) is 3.89. The molecule has 0 fully saturated rings. The van der Waals surface area contributed by atoms with Gasteiger partial charge in [0, 0.05) is 32.1 Å². The smallest absolute Gasteiger partial charge is 0.159 e. The highest BCUT2D eigenvalue weighted by Gasteiger charge is 2.07. The number of nitrogens with zero attached hydrogens (tertiary/aromatic N) is 4. The van der Waals surface area contributed by atoms with Crippen LogP contribution in [0.1, 0.15) is 6.92 Å². The van der Waals surface area contributed by atoms with Crippen LogP contribution >= 0.6 is 0 Å². The molecule has 0 aliphatic rings. The van der Waals surface area contributed by atoms with Gasteiger partial charge in [-0.25, -0.2) is 4.98 Å². The van der Waals surface area contributed by atoms with E-state index in [2.05, 4.69) is 15.0 Å². The summed E-state index contributed by atoms with van der Waals surface area (Å²) in [6.45, 7) is 2.77. The van der Waals surface area contributed by atoms with Gasteiger partial charge in [0.2, 0.25) is 0 Å². The number of likely N-dealkylation sites (N-methyl/N-ethyl adjacent to an activating group) is 1. The highest BCUT2D eigenvalue weighted by molar-refractivity contribution is 5.76. The van der Waals surface area contributed by atoms with Gasteiger partial charge in [-0.05, 0) is 19.1 Å². The van der Waals surface area contributed by atoms with Gasteiger partial charge in [0.25, 0.3) is 0 Å². The predicted octanol–water partition coefficient (Wildman–Crippen LogP) is 0.752. The number of pyridine rings is 1. The van der Waals surface area contributed by atoms with Gasteiger partial charge in [-0.15, -0.1) is 0 Å². The molecule has 0 aliphatic carbocycles. The average Bonchev–Trinajstić information content (AvgIpc) is 2.59. The fourth-order valence-corrected chi connectivity index (χ4v) is 1.75. The molecule has 5 heteroatoms. The summed E-state index contributed by atoms with van der Waals surface area (Å²) in [6, 6.07) is 4.16. The summed E-state index contributed by atoms with van der Waals surface area (Å²) in [5, 5.41) is 5.22. The molecule has 0 saturated carbocycles. The number of hydrogen-bond acceptors (Lipinski definition) is 4. The van der Waals surface area contributed by atoms with Crippen molar-refractivity contribution in [1.82, 2.24) is 14.8 Å². The summed E-state index contributed by atoms with van der Waals surface area (Å²) >= 11 is 0. The van der Waals surface area contributed by atoms with E-state index in [1.54, 1.807) is 4.68 Å². The van der Waals surface area contributed by atoms with Gasteiger partial charge in [-0.2, -0.15) is 5.10 Å². The van der Waals surface area contributed by atoms with Crippen LogP contribution < -0.4 is 10.6 Å². The van der Waals surface area contributed by atoms with E-state index < -0.39 is 0 Å². The first-order chi connectivity index (χ1) is 7.58. The number of anilines is 1. The predicted molar refractivity (Wildman–Crippen MR) is 65.4 cm³/mol. The molecule has 0 radical (unpaired) electrons. The minimum Gasteiger partial charge on any atom is -0.358 e. The van der Waals surface area contributed by atoms with E-state index in [0.717, 1.165) is 23.4 Å². The molecule has 2 aromatic heterocycles. The molecule has 0 aliphatic heterocycles. The molecule has 2 rings (SSSR count). The summed E-state index contributed by atoms with van der Waals surface area (Å²) < 4.78 is 1.78. The monoisotopic (exact) mass is 219 g/mol. The highest BCUT2D eigenvalue weighted by Crippen LogP contribution is 2.16. The summed E-state index contributed by atoms with van der Waals surface area (Å²) in [4.78, 5) is 6.61. The first kappa shape index (κ1) is 10.9. The maximum absolute atomic E-state index is 5.77. The van der Waals surface area contributed by atoms with Crippen LogP contribution in [0.3, 0.4) is 0 Å². The Morgan fingerprint density at radius 3 is 2.94 bits per heavy atom.